The number of hydrogen-bond acceptors (Lipinski definition) is 1. The van der Waals surface area contributed by atoms with E-state index < -0.39 is 17.7 Å². The van der Waals surface area contributed by atoms with E-state index in [1.54, 1.807) is 24.3 Å². The summed E-state index contributed by atoms with van der Waals surface area (Å²) in [5.74, 6) is -1.28. The van der Waals surface area contributed by atoms with E-state index in [0.717, 1.165) is 17.7 Å². The molecule has 0 atom stereocenters. The second-order valence-corrected chi connectivity index (χ2v) is 4.81. The van der Waals surface area contributed by atoms with Crippen molar-refractivity contribution in [2.24, 2.45) is 0 Å². The summed E-state index contributed by atoms with van der Waals surface area (Å²) in [5, 5.41) is 9.30. The van der Waals surface area contributed by atoms with Crippen LogP contribution >= 0.6 is 0 Å². The highest BCUT2D eigenvalue weighted by Crippen LogP contribution is 2.33. The zero-order valence-corrected chi connectivity index (χ0v) is 11.7. The van der Waals surface area contributed by atoms with Crippen LogP contribution < -0.4 is 0 Å². The lowest BCUT2D eigenvalue weighted by atomic mass is 9.99. The lowest BCUT2D eigenvalue weighted by molar-refractivity contribution is -0.137. The van der Waals surface area contributed by atoms with Gasteiger partial charge in [0.2, 0.25) is 0 Å². The van der Waals surface area contributed by atoms with Gasteiger partial charge in [-0.25, -0.2) is 4.79 Å². The van der Waals surface area contributed by atoms with Crippen molar-refractivity contribution < 1.29 is 23.1 Å². The van der Waals surface area contributed by atoms with E-state index in [0.29, 0.717) is 5.56 Å². The number of aryl methyl sites for hydroxylation is 1. The van der Waals surface area contributed by atoms with E-state index in [1.165, 1.54) is 18.2 Å². The average Bonchev–Trinajstić information content (AvgIpc) is 2.45. The van der Waals surface area contributed by atoms with Crippen molar-refractivity contribution in [1.29, 1.82) is 0 Å². The van der Waals surface area contributed by atoms with E-state index in [4.69, 9.17) is 0 Å². The van der Waals surface area contributed by atoms with Crippen LogP contribution in [0.1, 0.15) is 22.3 Å². The molecule has 0 saturated heterocycles. The Balaban J connectivity index is 2.57. The maximum atomic E-state index is 13.0. The van der Waals surface area contributed by atoms with Crippen LogP contribution in [0.2, 0.25) is 0 Å². The van der Waals surface area contributed by atoms with Crippen molar-refractivity contribution in [3.05, 3.63) is 70.8 Å². The third kappa shape index (κ3) is 3.55. The Labute approximate surface area is 125 Å². The fourth-order valence-electron chi connectivity index (χ4n) is 2.04. The molecule has 22 heavy (non-hydrogen) atoms. The van der Waals surface area contributed by atoms with Crippen molar-refractivity contribution in [3.8, 4) is 0 Å². The quantitative estimate of drug-likeness (QED) is 0.662. The zero-order chi connectivity index (χ0) is 16.3. The molecule has 0 bridgehead atoms. The fourth-order valence-corrected chi connectivity index (χ4v) is 2.04. The Morgan fingerprint density at radius 2 is 1.64 bits per heavy atom. The van der Waals surface area contributed by atoms with Crippen molar-refractivity contribution in [2.75, 3.05) is 0 Å². The molecule has 2 aromatic rings. The van der Waals surface area contributed by atoms with Crippen molar-refractivity contribution in [1.82, 2.24) is 0 Å². The summed E-state index contributed by atoms with van der Waals surface area (Å²) in [6.07, 6.45) is -3.49. The fraction of sp³-hybridized carbons (Fsp3) is 0.118. The van der Waals surface area contributed by atoms with Crippen molar-refractivity contribution in [3.63, 3.8) is 0 Å². The Hall–Kier alpha value is -2.56. The molecule has 0 heterocycles. The molecular weight excluding hydrogens is 293 g/mol. The molecule has 2 aromatic carbocycles. The predicted molar refractivity (Wildman–Crippen MR) is 78.1 cm³/mol. The number of hydrogen-bond donors (Lipinski definition) is 1. The summed E-state index contributed by atoms with van der Waals surface area (Å²) in [4.78, 5) is 11.4. The number of benzene rings is 2. The summed E-state index contributed by atoms with van der Waals surface area (Å²) in [6.45, 7) is 1.84. The molecule has 0 aromatic heterocycles. The van der Waals surface area contributed by atoms with Gasteiger partial charge in [-0.3, -0.25) is 0 Å². The number of rotatable bonds is 3. The molecule has 0 aliphatic carbocycles. The minimum absolute atomic E-state index is 0.173. The first-order chi connectivity index (χ1) is 10.3. The van der Waals surface area contributed by atoms with Crippen molar-refractivity contribution in [2.45, 2.75) is 13.1 Å². The summed E-state index contributed by atoms with van der Waals surface area (Å²) in [7, 11) is 0. The van der Waals surface area contributed by atoms with Crippen molar-refractivity contribution >= 4 is 17.6 Å². The van der Waals surface area contributed by atoms with E-state index in [-0.39, 0.29) is 11.1 Å². The van der Waals surface area contributed by atoms with Gasteiger partial charge in [0.1, 0.15) is 0 Å². The van der Waals surface area contributed by atoms with Gasteiger partial charge in [-0.2, -0.15) is 13.2 Å². The highest BCUT2D eigenvalue weighted by molar-refractivity contribution is 6.20. The molecule has 0 saturated carbocycles. The summed E-state index contributed by atoms with van der Waals surface area (Å²) in [6, 6.07) is 11.5. The minimum atomic E-state index is -4.54. The number of carboxylic acid groups (broad SMARTS) is 1. The van der Waals surface area contributed by atoms with Gasteiger partial charge >= 0.3 is 12.1 Å². The van der Waals surface area contributed by atoms with E-state index in [1.807, 2.05) is 6.92 Å². The molecule has 114 valence electrons. The van der Waals surface area contributed by atoms with Crippen LogP contribution in [0.3, 0.4) is 0 Å². The van der Waals surface area contributed by atoms with Gasteiger partial charge in [0.15, 0.2) is 0 Å². The molecule has 0 amide bonds. The highest BCUT2D eigenvalue weighted by atomic mass is 19.4. The Kier molecular flexibility index (Phi) is 4.35. The Morgan fingerprint density at radius 1 is 1.05 bits per heavy atom. The van der Waals surface area contributed by atoms with Gasteiger partial charge in [0.25, 0.3) is 0 Å². The molecule has 0 fully saturated rings. The highest BCUT2D eigenvalue weighted by Gasteiger charge is 2.32. The molecule has 2 rings (SSSR count). The van der Waals surface area contributed by atoms with E-state index in [9.17, 15) is 23.1 Å². The third-order valence-electron chi connectivity index (χ3n) is 3.16. The molecular formula is C17H13F3O2. The maximum absolute atomic E-state index is 13.0. The molecule has 2 nitrogen and oxygen atoms in total. The van der Waals surface area contributed by atoms with Crippen LogP contribution in [0.15, 0.2) is 48.5 Å². The Morgan fingerprint density at radius 3 is 2.18 bits per heavy atom. The van der Waals surface area contributed by atoms with Gasteiger partial charge in [0, 0.05) is 0 Å². The van der Waals surface area contributed by atoms with E-state index >= 15 is 0 Å². The van der Waals surface area contributed by atoms with Gasteiger partial charge in [0.05, 0.1) is 11.1 Å². The van der Waals surface area contributed by atoms with Crippen LogP contribution in [-0.2, 0) is 11.0 Å². The van der Waals surface area contributed by atoms with Crippen LogP contribution in [0, 0.1) is 6.92 Å². The topological polar surface area (TPSA) is 37.3 Å². The molecule has 0 unspecified atom stereocenters. The van der Waals surface area contributed by atoms with Crippen LogP contribution in [-0.4, -0.2) is 11.1 Å². The standard InChI is InChI=1S/C17H13F3O2/c1-11-6-8-12(9-7-11)14(16(21)22)10-13-4-2-3-5-15(13)17(18,19)20/h2-10H,1H3,(H,21,22)/b14-10-. The summed E-state index contributed by atoms with van der Waals surface area (Å²) in [5.41, 5.74) is 0.0739. The second kappa shape index (κ2) is 6.05. The molecule has 0 radical (unpaired) electrons. The maximum Gasteiger partial charge on any atom is 0.416 e. The van der Waals surface area contributed by atoms with Crippen LogP contribution in [0.4, 0.5) is 13.2 Å². The van der Waals surface area contributed by atoms with Gasteiger partial charge in [-0.1, -0.05) is 48.0 Å². The number of carboxylic acids is 1. The first-order valence-corrected chi connectivity index (χ1v) is 6.47. The lowest BCUT2D eigenvalue weighted by Crippen LogP contribution is -2.08. The minimum Gasteiger partial charge on any atom is -0.478 e. The number of halogens is 3. The first-order valence-electron chi connectivity index (χ1n) is 6.47. The smallest absolute Gasteiger partial charge is 0.416 e. The normalized spacial score (nSPS) is 12.3. The second-order valence-electron chi connectivity index (χ2n) is 4.81. The molecule has 0 aliphatic rings. The van der Waals surface area contributed by atoms with Gasteiger partial charge in [-0.05, 0) is 30.2 Å². The lowest BCUT2D eigenvalue weighted by Gasteiger charge is -2.11. The SMILES string of the molecule is Cc1ccc(/C(=C/c2ccccc2C(F)(F)F)C(=O)O)cc1. The summed E-state index contributed by atoms with van der Waals surface area (Å²) < 4.78 is 38.9. The molecule has 1 N–H and O–H groups in total. The zero-order valence-electron chi connectivity index (χ0n) is 11.7. The third-order valence-corrected chi connectivity index (χ3v) is 3.16. The van der Waals surface area contributed by atoms with Gasteiger partial charge in [-0.15, -0.1) is 0 Å². The van der Waals surface area contributed by atoms with Gasteiger partial charge < -0.3 is 5.11 Å². The molecule has 0 aliphatic heterocycles. The van der Waals surface area contributed by atoms with E-state index in [2.05, 4.69) is 0 Å². The number of carbonyl (C=O) groups is 1. The largest absolute Gasteiger partial charge is 0.478 e. The number of alkyl halides is 3. The molecule has 0 spiro atoms. The summed E-state index contributed by atoms with van der Waals surface area (Å²) >= 11 is 0. The monoisotopic (exact) mass is 306 g/mol. The first kappa shape index (κ1) is 15.8. The average molecular weight is 306 g/mol. The van der Waals surface area contributed by atoms with Crippen LogP contribution in [0.25, 0.3) is 11.6 Å². The van der Waals surface area contributed by atoms with Crippen LogP contribution in [0.5, 0.6) is 0 Å². The number of aliphatic carboxylic acids is 1. The Bertz CT molecular complexity index is 713. The predicted octanol–water partition coefficient (Wildman–Crippen LogP) is 4.64. The molecule has 5 heteroatoms.